The van der Waals surface area contributed by atoms with E-state index in [9.17, 15) is 14.4 Å². The van der Waals surface area contributed by atoms with Gasteiger partial charge in [0.05, 0.1) is 24.4 Å². The number of nitrogens with one attached hydrogen (secondary N) is 1. The number of fused-ring (bicyclic) bond motifs is 1. The van der Waals surface area contributed by atoms with Crippen molar-refractivity contribution < 1.29 is 14.4 Å². The molecule has 1 aliphatic carbocycles. The quantitative estimate of drug-likeness (QED) is 0.668. The van der Waals surface area contributed by atoms with Gasteiger partial charge in [0.2, 0.25) is 11.8 Å². The molecule has 0 bridgehead atoms. The summed E-state index contributed by atoms with van der Waals surface area (Å²) in [6, 6.07) is 3.62. The first-order valence-electron chi connectivity index (χ1n) is 8.22. The largest absolute Gasteiger partial charge is 0.333 e. The molecule has 1 N–H and O–H groups in total. The Labute approximate surface area is 144 Å². The summed E-state index contributed by atoms with van der Waals surface area (Å²) in [5.41, 5.74) is 0. The van der Waals surface area contributed by atoms with Crippen LogP contribution in [0.25, 0.3) is 0 Å². The molecular weight excluding hydrogens is 326 g/mol. The van der Waals surface area contributed by atoms with Crippen LogP contribution < -0.4 is 5.32 Å². The number of rotatable bonds is 3. The second kappa shape index (κ2) is 6.05. The highest BCUT2D eigenvalue weighted by molar-refractivity contribution is 7.09. The van der Waals surface area contributed by atoms with Crippen LogP contribution in [-0.2, 0) is 16.1 Å². The minimum absolute atomic E-state index is 0.0574. The van der Waals surface area contributed by atoms with Crippen molar-refractivity contribution in [2.75, 3.05) is 13.1 Å². The Balaban J connectivity index is 1.31. The highest BCUT2D eigenvalue weighted by atomic mass is 32.1. The second-order valence-corrected chi connectivity index (χ2v) is 7.53. The van der Waals surface area contributed by atoms with Crippen molar-refractivity contribution in [3.05, 3.63) is 34.5 Å². The van der Waals surface area contributed by atoms with Gasteiger partial charge in [-0.2, -0.15) is 0 Å². The zero-order valence-corrected chi connectivity index (χ0v) is 14.0. The standard InChI is InChI=1S/C17H19N3O3S/c21-15-13-5-1-2-6-14(13)16(22)20(15)11-9-19(10-11)17(23)18-8-12-4-3-7-24-12/h1-4,7,11,13-14H,5-6,8-10H2,(H,18,23). The van der Waals surface area contributed by atoms with Crippen LogP contribution in [0.5, 0.6) is 0 Å². The molecule has 4 rings (SSSR count). The van der Waals surface area contributed by atoms with E-state index in [2.05, 4.69) is 5.32 Å². The van der Waals surface area contributed by atoms with Gasteiger partial charge in [0.15, 0.2) is 0 Å². The molecule has 0 spiro atoms. The van der Waals surface area contributed by atoms with Crippen molar-refractivity contribution in [2.24, 2.45) is 11.8 Å². The molecule has 1 aromatic rings. The summed E-state index contributed by atoms with van der Waals surface area (Å²) in [6.07, 6.45) is 5.29. The van der Waals surface area contributed by atoms with E-state index in [1.807, 2.05) is 29.7 Å². The maximum absolute atomic E-state index is 12.5. The third kappa shape index (κ3) is 2.53. The first-order chi connectivity index (χ1) is 11.6. The molecule has 7 heteroatoms. The Morgan fingerprint density at radius 2 is 1.83 bits per heavy atom. The predicted molar refractivity (Wildman–Crippen MR) is 89.1 cm³/mol. The Bertz CT molecular complexity index is 668. The Morgan fingerprint density at radius 3 is 2.42 bits per heavy atom. The molecule has 0 aromatic carbocycles. The van der Waals surface area contributed by atoms with Crippen LogP contribution in [0.2, 0.25) is 0 Å². The number of carbonyl (C=O) groups is 3. The number of hydrogen-bond acceptors (Lipinski definition) is 4. The van der Waals surface area contributed by atoms with Gasteiger partial charge in [-0.1, -0.05) is 18.2 Å². The molecule has 0 saturated carbocycles. The van der Waals surface area contributed by atoms with Crippen LogP contribution in [0.4, 0.5) is 4.79 Å². The molecule has 6 nitrogen and oxygen atoms in total. The molecule has 2 aliphatic heterocycles. The normalized spacial score (nSPS) is 26.5. The molecule has 126 valence electrons. The molecule has 3 heterocycles. The number of nitrogens with zero attached hydrogens (tertiary/aromatic N) is 2. The summed E-state index contributed by atoms with van der Waals surface area (Å²) < 4.78 is 0. The fourth-order valence-electron chi connectivity index (χ4n) is 3.66. The summed E-state index contributed by atoms with van der Waals surface area (Å²) in [6.45, 7) is 1.37. The van der Waals surface area contributed by atoms with Crippen LogP contribution in [0.3, 0.4) is 0 Å². The third-order valence-corrected chi connectivity index (χ3v) is 5.93. The van der Waals surface area contributed by atoms with Crippen LogP contribution in [0.1, 0.15) is 17.7 Å². The van der Waals surface area contributed by atoms with Crippen molar-refractivity contribution in [3.63, 3.8) is 0 Å². The average molecular weight is 345 g/mol. The summed E-state index contributed by atoms with van der Waals surface area (Å²) in [4.78, 5) is 41.3. The van der Waals surface area contributed by atoms with Crippen molar-refractivity contribution in [2.45, 2.75) is 25.4 Å². The van der Waals surface area contributed by atoms with Crippen molar-refractivity contribution in [3.8, 4) is 0 Å². The first kappa shape index (κ1) is 15.4. The van der Waals surface area contributed by atoms with Crippen molar-refractivity contribution in [1.82, 2.24) is 15.1 Å². The van der Waals surface area contributed by atoms with Gasteiger partial charge >= 0.3 is 6.03 Å². The smallest absolute Gasteiger partial charge is 0.317 e. The van der Waals surface area contributed by atoms with Gasteiger partial charge in [0, 0.05) is 18.0 Å². The molecule has 2 atom stereocenters. The molecular formula is C17H19N3O3S. The molecule has 2 fully saturated rings. The molecule has 2 saturated heterocycles. The average Bonchev–Trinajstić information content (AvgIpc) is 3.15. The fourth-order valence-corrected chi connectivity index (χ4v) is 4.30. The molecule has 1 aromatic heterocycles. The lowest BCUT2D eigenvalue weighted by Crippen LogP contribution is -2.64. The zero-order valence-electron chi connectivity index (χ0n) is 13.2. The Hall–Kier alpha value is -2.15. The first-order valence-corrected chi connectivity index (χ1v) is 9.10. The fraction of sp³-hybridized carbons (Fsp3) is 0.471. The summed E-state index contributed by atoms with van der Waals surface area (Å²) in [7, 11) is 0. The van der Waals surface area contributed by atoms with Crippen LogP contribution in [0.15, 0.2) is 29.7 Å². The van der Waals surface area contributed by atoms with Crippen LogP contribution >= 0.6 is 11.3 Å². The number of carbonyl (C=O) groups excluding carboxylic acids is 3. The van der Waals surface area contributed by atoms with E-state index >= 15 is 0 Å². The van der Waals surface area contributed by atoms with Crippen molar-refractivity contribution in [1.29, 1.82) is 0 Å². The van der Waals surface area contributed by atoms with E-state index in [-0.39, 0.29) is 35.7 Å². The maximum Gasteiger partial charge on any atom is 0.317 e. The summed E-state index contributed by atoms with van der Waals surface area (Å²) in [5.74, 6) is -0.496. The van der Waals surface area contributed by atoms with Gasteiger partial charge in [-0.3, -0.25) is 14.5 Å². The number of imide groups is 1. The van der Waals surface area contributed by atoms with Crippen molar-refractivity contribution >= 4 is 29.2 Å². The summed E-state index contributed by atoms with van der Waals surface area (Å²) >= 11 is 1.60. The van der Waals surface area contributed by atoms with E-state index in [0.29, 0.717) is 32.5 Å². The number of amides is 4. The number of urea groups is 1. The SMILES string of the molecule is O=C(NCc1cccs1)N1CC(N2C(=O)C3CC=CCC3C2=O)C1. The summed E-state index contributed by atoms with van der Waals surface area (Å²) in [5, 5.41) is 4.84. The highest BCUT2D eigenvalue weighted by Crippen LogP contribution is 2.37. The second-order valence-electron chi connectivity index (χ2n) is 6.50. The lowest BCUT2D eigenvalue weighted by Gasteiger charge is -2.43. The number of hydrogen-bond donors (Lipinski definition) is 1. The topological polar surface area (TPSA) is 69.7 Å². The van der Waals surface area contributed by atoms with Gasteiger partial charge < -0.3 is 10.2 Å². The number of allylic oxidation sites excluding steroid dienone is 2. The van der Waals surface area contributed by atoms with Crippen LogP contribution in [-0.4, -0.2) is 46.8 Å². The number of thiophene rings is 1. The lowest BCUT2D eigenvalue weighted by molar-refractivity contribution is -0.145. The van der Waals surface area contributed by atoms with E-state index in [4.69, 9.17) is 0 Å². The molecule has 0 radical (unpaired) electrons. The van der Waals surface area contributed by atoms with Gasteiger partial charge in [-0.05, 0) is 24.3 Å². The van der Waals surface area contributed by atoms with E-state index in [1.165, 1.54) is 4.90 Å². The Morgan fingerprint density at radius 1 is 1.17 bits per heavy atom. The minimum atomic E-state index is -0.191. The Kier molecular flexibility index (Phi) is 3.88. The van der Waals surface area contributed by atoms with E-state index < -0.39 is 0 Å². The van der Waals surface area contributed by atoms with E-state index in [1.54, 1.807) is 16.2 Å². The van der Waals surface area contributed by atoms with Gasteiger partial charge in [0.1, 0.15) is 0 Å². The number of likely N-dealkylation sites (tertiary alicyclic amines) is 2. The monoisotopic (exact) mass is 345 g/mol. The third-order valence-electron chi connectivity index (χ3n) is 5.05. The van der Waals surface area contributed by atoms with Gasteiger partial charge in [-0.15, -0.1) is 11.3 Å². The molecule has 4 amide bonds. The zero-order chi connectivity index (χ0) is 16.7. The van der Waals surface area contributed by atoms with Gasteiger partial charge in [-0.25, -0.2) is 4.79 Å². The predicted octanol–water partition coefficient (Wildman–Crippen LogP) is 1.59. The molecule has 3 aliphatic rings. The lowest BCUT2D eigenvalue weighted by atomic mass is 9.85. The van der Waals surface area contributed by atoms with Gasteiger partial charge in [0.25, 0.3) is 0 Å². The highest BCUT2D eigenvalue weighted by Gasteiger charge is 2.52. The van der Waals surface area contributed by atoms with Crippen LogP contribution in [0, 0.1) is 11.8 Å². The molecule has 2 unspecified atom stereocenters. The maximum atomic E-state index is 12.5. The molecule has 24 heavy (non-hydrogen) atoms. The van der Waals surface area contributed by atoms with E-state index in [0.717, 1.165) is 4.88 Å². The minimum Gasteiger partial charge on any atom is -0.333 e.